The lowest BCUT2D eigenvalue weighted by Gasteiger charge is -2.36. The molecule has 1 saturated carbocycles. The first-order valence-corrected chi connectivity index (χ1v) is 10.6. The van der Waals surface area contributed by atoms with Gasteiger partial charge in [-0.25, -0.2) is 4.98 Å². The van der Waals surface area contributed by atoms with Gasteiger partial charge in [-0.1, -0.05) is 55.7 Å². The Morgan fingerprint density at radius 1 is 1.00 bits per heavy atom. The quantitative estimate of drug-likeness (QED) is 0.660. The smallest absolute Gasteiger partial charge is 0.246 e. The summed E-state index contributed by atoms with van der Waals surface area (Å²) < 4.78 is 2.13. The Morgan fingerprint density at radius 2 is 1.70 bits per heavy atom. The van der Waals surface area contributed by atoms with E-state index < -0.39 is 5.54 Å². The number of carbonyl (C=O) groups excluding carboxylic acids is 2. The average molecular weight is 405 g/mol. The number of hydrogen-bond donors (Lipinski definition) is 2. The summed E-state index contributed by atoms with van der Waals surface area (Å²) in [4.78, 5) is 29.0. The second kappa shape index (κ2) is 8.69. The van der Waals surface area contributed by atoms with Gasteiger partial charge in [0.2, 0.25) is 11.8 Å². The number of imidazole rings is 1. The zero-order valence-corrected chi connectivity index (χ0v) is 17.4. The van der Waals surface area contributed by atoms with Crippen LogP contribution >= 0.6 is 0 Å². The minimum absolute atomic E-state index is 0.0774. The summed E-state index contributed by atoms with van der Waals surface area (Å²) >= 11 is 0. The van der Waals surface area contributed by atoms with Crippen LogP contribution < -0.4 is 10.6 Å². The summed E-state index contributed by atoms with van der Waals surface area (Å²) in [5.74, 6) is -0.227. The van der Waals surface area contributed by atoms with Crippen LogP contribution in [0.25, 0.3) is 11.0 Å². The summed E-state index contributed by atoms with van der Waals surface area (Å²) in [6.07, 6.45) is 6.32. The molecule has 2 N–H and O–H groups in total. The number of para-hydroxylation sites is 2. The molecule has 0 spiro atoms. The van der Waals surface area contributed by atoms with Crippen LogP contribution in [-0.4, -0.2) is 26.9 Å². The normalized spacial score (nSPS) is 15.6. The van der Waals surface area contributed by atoms with Gasteiger partial charge in [0.15, 0.2) is 0 Å². The molecule has 2 aromatic carbocycles. The van der Waals surface area contributed by atoms with Gasteiger partial charge in [0, 0.05) is 20.0 Å². The Bertz CT molecular complexity index is 1030. The number of carbonyl (C=O) groups is 2. The zero-order chi connectivity index (χ0) is 21.0. The maximum absolute atomic E-state index is 12.9. The SMILES string of the molecule is CC(=O)NC1(C(=O)NCc2ccc(Cn3cnc4ccccc43)cc2)CCCCC1. The van der Waals surface area contributed by atoms with E-state index in [0.29, 0.717) is 19.4 Å². The van der Waals surface area contributed by atoms with Crippen LogP contribution in [0.2, 0.25) is 0 Å². The fourth-order valence-corrected chi connectivity index (χ4v) is 4.35. The van der Waals surface area contributed by atoms with Gasteiger partial charge in [0.1, 0.15) is 5.54 Å². The van der Waals surface area contributed by atoms with Crippen molar-refractivity contribution in [3.05, 3.63) is 66.0 Å². The Labute approximate surface area is 176 Å². The van der Waals surface area contributed by atoms with Gasteiger partial charge in [-0.05, 0) is 36.1 Å². The Kier molecular flexibility index (Phi) is 5.84. The highest BCUT2D eigenvalue weighted by Crippen LogP contribution is 2.28. The molecule has 1 aliphatic carbocycles. The molecule has 0 radical (unpaired) electrons. The van der Waals surface area contributed by atoms with Crippen molar-refractivity contribution >= 4 is 22.8 Å². The minimum atomic E-state index is -0.757. The Hall–Kier alpha value is -3.15. The Balaban J connectivity index is 1.38. The zero-order valence-electron chi connectivity index (χ0n) is 17.4. The molecule has 156 valence electrons. The maximum atomic E-state index is 12.9. The van der Waals surface area contributed by atoms with Crippen LogP contribution in [0.4, 0.5) is 0 Å². The van der Waals surface area contributed by atoms with E-state index in [1.807, 2.05) is 36.7 Å². The molecule has 0 unspecified atom stereocenters. The van der Waals surface area contributed by atoms with Crippen LogP contribution in [0, 0.1) is 0 Å². The molecule has 1 fully saturated rings. The number of amides is 2. The van der Waals surface area contributed by atoms with E-state index in [-0.39, 0.29) is 11.8 Å². The molecule has 2 amide bonds. The first-order valence-electron chi connectivity index (χ1n) is 10.6. The van der Waals surface area contributed by atoms with E-state index in [0.717, 1.165) is 42.4 Å². The molecule has 30 heavy (non-hydrogen) atoms. The van der Waals surface area contributed by atoms with E-state index in [4.69, 9.17) is 0 Å². The van der Waals surface area contributed by atoms with Crippen LogP contribution in [0.5, 0.6) is 0 Å². The van der Waals surface area contributed by atoms with Crippen LogP contribution in [-0.2, 0) is 22.7 Å². The number of benzene rings is 2. The van der Waals surface area contributed by atoms with Gasteiger partial charge < -0.3 is 15.2 Å². The fraction of sp³-hybridized carbons (Fsp3) is 0.375. The third-order valence-corrected chi connectivity index (χ3v) is 5.91. The van der Waals surface area contributed by atoms with Gasteiger partial charge in [0.25, 0.3) is 0 Å². The number of fused-ring (bicyclic) bond motifs is 1. The molecule has 3 aromatic rings. The summed E-state index contributed by atoms with van der Waals surface area (Å²) in [6.45, 7) is 2.68. The highest BCUT2D eigenvalue weighted by molar-refractivity contribution is 5.91. The van der Waals surface area contributed by atoms with Crippen LogP contribution in [0.15, 0.2) is 54.9 Å². The van der Waals surface area contributed by atoms with Gasteiger partial charge in [-0.2, -0.15) is 0 Å². The van der Waals surface area contributed by atoms with Crippen LogP contribution in [0.1, 0.15) is 50.2 Å². The lowest BCUT2D eigenvalue weighted by Crippen LogP contribution is -2.59. The average Bonchev–Trinajstić information content (AvgIpc) is 3.16. The number of nitrogens with one attached hydrogen (secondary N) is 2. The van der Waals surface area contributed by atoms with Crippen molar-refractivity contribution in [1.82, 2.24) is 20.2 Å². The second-order valence-electron chi connectivity index (χ2n) is 8.18. The van der Waals surface area contributed by atoms with Crippen molar-refractivity contribution in [2.45, 2.75) is 57.7 Å². The molecule has 0 saturated heterocycles. The molecule has 0 bridgehead atoms. The van der Waals surface area contributed by atoms with Crippen molar-refractivity contribution in [2.24, 2.45) is 0 Å². The molecule has 0 aliphatic heterocycles. The predicted molar refractivity (Wildman–Crippen MR) is 117 cm³/mol. The number of rotatable bonds is 6. The van der Waals surface area contributed by atoms with Crippen molar-refractivity contribution in [2.75, 3.05) is 0 Å². The van der Waals surface area contributed by atoms with Gasteiger partial charge in [-0.15, -0.1) is 0 Å². The largest absolute Gasteiger partial charge is 0.350 e. The van der Waals surface area contributed by atoms with Crippen molar-refractivity contribution in [1.29, 1.82) is 0 Å². The molecule has 1 heterocycles. The van der Waals surface area contributed by atoms with E-state index in [9.17, 15) is 9.59 Å². The third-order valence-electron chi connectivity index (χ3n) is 5.91. The van der Waals surface area contributed by atoms with E-state index in [1.165, 1.54) is 12.5 Å². The summed E-state index contributed by atoms with van der Waals surface area (Å²) in [5, 5.41) is 5.96. The van der Waals surface area contributed by atoms with Crippen molar-refractivity contribution in [3.63, 3.8) is 0 Å². The number of aromatic nitrogens is 2. The molecule has 0 atom stereocenters. The summed E-state index contributed by atoms with van der Waals surface area (Å²) in [5.41, 5.74) is 3.57. The number of hydrogen-bond acceptors (Lipinski definition) is 3. The second-order valence-corrected chi connectivity index (χ2v) is 8.18. The van der Waals surface area contributed by atoms with E-state index in [2.05, 4.69) is 38.4 Å². The first-order chi connectivity index (χ1) is 14.6. The Morgan fingerprint density at radius 3 is 2.43 bits per heavy atom. The highest BCUT2D eigenvalue weighted by atomic mass is 16.2. The summed E-state index contributed by atoms with van der Waals surface area (Å²) in [7, 11) is 0. The molecular formula is C24H28N4O2. The van der Waals surface area contributed by atoms with E-state index >= 15 is 0 Å². The molecule has 6 heteroatoms. The lowest BCUT2D eigenvalue weighted by atomic mass is 9.80. The molecule has 6 nitrogen and oxygen atoms in total. The van der Waals surface area contributed by atoms with Gasteiger partial charge in [-0.3, -0.25) is 9.59 Å². The third kappa shape index (κ3) is 4.37. The van der Waals surface area contributed by atoms with Gasteiger partial charge in [0.05, 0.1) is 17.4 Å². The molecule has 4 rings (SSSR count). The summed E-state index contributed by atoms with van der Waals surface area (Å²) in [6, 6.07) is 16.3. The topological polar surface area (TPSA) is 76.0 Å². The standard InChI is InChI=1S/C24H28N4O2/c1-18(29)27-24(13-5-2-6-14-24)23(30)25-15-19-9-11-20(12-10-19)16-28-17-26-21-7-3-4-8-22(21)28/h3-4,7-12,17H,2,5-6,13-16H2,1H3,(H,25,30)(H,27,29). The lowest BCUT2D eigenvalue weighted by molar-refractivity contribution is -0.134. The monoisotopic (exact) mass is 404 g/mol. The highest BCUT2D eigenvalue weighted by Gasteiger charge is 2.39. The minimum Gasteiger partial charge on any atom is -0.350 e. The maximum Gasteiger partial charge on any atom is 0.246 e. The van der Waals surface area contributed by atoms with Crippen molar-refractivity contribution in [3.8, 4) is 0 Å². The van der Waals surface area contributed by atoms with Gasteiger partial charge >= 0.3 is 0 Å². The fourth-order valence-electron chi connectivity index (χ4n) is 4.35. The molecular weight excluding hydrogens is 376 g/mol. The number of nitrogens with zero attached hydrogens (tertiary/aromatic N) is 2. The van der Waals surface area contributed by atoms with E-state index in [1.54, 1.807) is 0 Å². The van der Waals surface area contributed by atoms with Crippen molar-refractivity contribution < 1.29 is 9.59 Å². The predicted octanol–water partition coefficient (Wildman–Crippen LogP) is 3.54. The van der Waals surface area contributed by atoms with Crippen LogP contribution in [0.3, 0.4) is 0 Å². The molecule has 1 aromatic heterocycles. The molecule has 1 aliphatic rings. The first kappa shape index (κ1) is 20.1.